The van der Waals surface area contributed by atoms with E-state index < -0.39 is 0 Å². The zero-order valence-electron chi connectivity index (χ0n) is 19.8. The summed E-state index contributed by atoms with van der Waals surface area (Å²) in [6.45, 7) is 6.09. The van der Waals surface area contributed by atoms with Crippen molar-refractivity contribution in [2.75, 3.05) is 18.0 Å². The van der Waals surface area contributed by atoms with Gasteiger partial charge in [-0.3, -0.25) is 19.1 Å². The van der Waals surface area contributed by atoms with Gasteiger partial charge in [0.05, 0.1) is 11.4 Å². The van der Waals surface area contributed by atoms with E-state index in [1.54, 1.807) is 22.5 Å². The van der Waals surface area contributed by atoms with Crippen LogP contribution in [0.25, 0.3) is 6.08 Å². The van der Waals surface area contributed by atoms with Crippen molar-refractivity contribution in [1.82, 2.24) is 9.47 Å². The first-order chi connectivity index (χ1) is 16.9. The number of hydrogen-bond acceptors (Lipinski definition) is 6. The fourth-order valence-electron chi connectivity index (χ4n) is 4.63. The van der Waals surface area contributed by atoms with Crippen LogP contribution in [-0.4, -0.2) is 32.8 Å². The third kappa shape index (κ3) is 5.04. The van der Waals surface area contributed by atoms with Gasteiger partial charge in [0.1, 0.15) is 21.8 Å². The Hall–Kier alpha value is -2.60. The summed E-state index contributed by atoms with van der Waals surface area (Å²) in [5.41, 5.74) is 1.98. The number of carbonyl (C=O) groups excluding carboxylic acids is 1. The van der Waals surface area contributed by atoms with Crippen LogP contribution in [-0.2, 0) is 17.9 Å². The van der Waals surface area contributed by atoms with Gasteiger partial charge in [-0.1, -0.05) is 66.6 Å². The van der Waals surface area contributed by atoms with Crippen molar-refractivity contribution in [2.45, 2.75) is 52.6 Å². The van der Waals surface area contributed by atoms with Crippen molar-refractivity contribution >= 4 is 57.7 Å². The highest BCUT2D eigenvalue weighted by Gasteiger charge is 2.33. The normalized spacial score (nSPS) is 17.7. The summed E-state index contributed by atoms with van der Waals surface area (Å²) >= 11 is 13.1. The first-order valence-electron chi connectivity index (χ1n) is 11.8. The Morgan fingerprint density at radius 3 is 2.49 bits per heavy atom. The van der Waals surface area contributed by atoms with E-state index >= 15 is 0 Å². The molecule has 0 spiro atoms. The van der Waals surface area contributed by atoms with Crippen molar-refractivity contribution in [1.29, 1.82) is 5.26 Å². The predicted octanol–water partition coefficient (Wildman–Crippen LogP) is 5.48. The third-order valence-corrected chi connectivity index (χ3v) is 8.25. The minimum Gasteiger partial charge on any atom is -0.357 e. The quantitative estimate of drug-likeness (QED) is 0.379. The topological polar surface area (TPSA) is 69.3 Å². The van der Waals surface area contributed by atoms with Gasteiger partial charge < -0.3 is 4.90 Å². The summed E-state index contributed by atoms with van der Waals surface area (Å²) in [6, 6.07) is 9.48. The third-order valence-electron chi connectivity index (χ3n) is 6.50. The molecule has 0 unspecified atom stereocenters. The van der Waals surface area contributed by atoms with Gasteiger partial charge in [-0.2, -0.15) is 5.26 Å². The van der Waals surface area contributed by atoms with Crippen LogP contribution in [0.5, 0.6) is 0 Å². The number of pyridine rings is 1. The molecule has 2 aromatic rings. The molecule has 0 bridgehead atoms. The standard InChI is InChI=1S/C26H27ClN4O2S2/c1-3-30-23(29-12-8-4-5-9-13-29)19(17(2)20(15-28)24(30)32)14-22-25(33)31(26(34)35-22)16-18-10-6-7-11-21(18)27/h6-7,10-11,14H,3-5,8-9,12-13,16H2,1-2H3. The molecule has 3 heterocycles. The molecular weight excluding hydrogens is 500 g/mol. The first-order valence-corrected chi connectivity index (χ1v) is 13.4. The molecule has 1 aromatic heterocycles. The molecule has 182 valence electrons. The summed E-state index contributed by atoms with van der Waals surface area (Å²) < 4.78 is 2.13. The summed E-state index contributed by atoms with van der Waals surface area (Å²) in [6.07, 6.45) is 6.19. The van der Waals surface area contributed by atoms with Crippen LogP contribution in [0.4, 0.5) is 5.82 Å². The van der Waals surface area contributed by atoms with Crippen LogP contribution in [0.3, 0.4) is 0 Å². The van der Waals surface area contributed by atoms with Crippen LogP contribution in [0.1, 0.15) is 54.9 Å². The van der Waals surface area contributed by atoms with Gasteiger partial charge >= 0.3 is 0 Å². The lowest BCUT2D eigenvalue weighted by atomic mass is 10.0. The van der Waals surface area contributed by atoms with E-state index in [1.165, 1.54) is 11.8 Å². The van der Waals surface area contributed by atoms with Crippen LogP contribution < -0.4 is 10.5 Å². The number of rotatable bonds is 5. The number of anilines is 1. The Kier molecular flexibility index (Phi) is 8.00. The van der Waals surface area contributed by atoms with E-state index in [0.717, 1.165) is 55.7 Å². The van der Waals surface area contributed by atoms with E-state index in [9.17, 15) is 14.9 Å². The van der Waals surface area contributed by atoms with Crippen LogP contribution in [0.2, 0.25) is 5.02 Å². The highest BCUT2D eigenvalue weighted by molar-refractivity contribution is 8.26. The maximum atomic E-state index is 13.4. The molecule has 1 amide bonds. The van der Waals surface area contributed by atoms with Crippen LogP contribution in [0.15, 0.2) is 34.0 Å². The maximum Gasteiger partial charge on any atom is 0.270 e. The molecule has 0 radical (unpaired) electrons. The molecule has 1 aromatic carbocycles. The van der Waals surface area contributed by atoms with Crippen LogP contribution in [0, 0.1) is 18.3 Å². The zero-order valence-corrected chi connectivity index (χ0v) is 22.2. The van der Waals surface area contributed by atoms with E-state index in [2.05, 4.69) is 11.0 Å². The summed E-state index contributed by atoms with van der Waals surface area (Å²) in [5, 5.41) is 10.3. The number of hydrogen-bond donors (Lipinski definition) is 0. The van der Waals surface area contributed by atoms with E-state index in [4.69, 9.17) is 23.8 Å². The highest BCUT2D eigenvalue weighted by atomic mass is 35.5. The molecule has 0 N–H and O–H groups in total. The van der Waals surface area contributed by atoms with Gasteiger partial charge in [0.25, 0.3) is 11.5 Å². The average molecular weight is 527 g/mol. The number of carbonyl (C=O) groups is 1. The molecule has 2 fully saturated rings. The SMILES string of the molecule is CCn1c(N2CCCCCC2)c(C=C2SC(=S)N(Cc3ccccc3Cl)C2=O)c(C)c(C#N)c1=O. The smallest absolute Gasteiger partial charge is 0.270 e. The van der Waals surface area contributed by atoms with Crippen molar-refractivity contribution in [3.05, 3.63) is 66.8 Å². The molecule has 0 saturated carbocycles. The van der Waals surface area contributed by atoms with E-state index in [0.29, 0.717) is 26.4 Å². The Morgan fingerprint density at radius 2 is 1.86 bits per heavy atom. The summed E-state index contributed by atoms with van der Waals surface area (Å²) in [5.74, 6) is 0.584. The molecule has 9 heteroatoms. The second-order valence-corrected chi connectivity index (χ2v) is 10.7. The molecule has 2 aliphatic heterocycles. The number of nitrogens with zero attached hydrogens (tertiary/aromatic N) is 4. The largest absolute Gasteiger partial charge is 0.357 e. The van der Waals surface area contributed by atoms with E-state index in [1.807, 2.05) is 31.2 Å². The second kappa shape index (κ2) is 11.0. The minimum atomic E-state index is -0.282. The van der Waals surface area contributed by atoms with Gasteiger partial charge in [-0.05, 0) is 50.0 Å². The lowest BCUT2D eigenvalue weighted by Gasteiger charge is -2.29. The highest BCUT2D eigenvalue weighted by Crippen LogP contribution is 2.37. The maximum absolute atomic E-state index is 13.4. The number of halogens is 1. The average Bonchev–Trinajstić information content (AvgIpc) is 3.02. The number of thiocarbonyl (C=S) groups is 1. The van der Waals surface area contributed by atoms with Crippen molar-refractivity contribution in [3.63, 3.8) is 0 Å². The summed E-state index contributed by atoms with van der Waals surface area (Å²) in [7, 11) is 0. The molecule has 4 rings (SSSR count). The van der Waals surface area contributed by atoms with Gasteiger partial charge in [0.2, 0.25) is 0 Å². The van der Waals surface area contributed by atoms with Crippen molar-refractivity contribution < 1.29 is 4.79 Å². The lowest BCUT2D eigenvalue weighted by molar-refractivity contribution is -0.122. The first kappa shape index (κ1) is 25.5. The van der Waals surface area contributed by atoms with Gasteiger partial charge in [-0.15, -0.1) is 0 Å². The number of benzene rings is 1. The number of amides is 1. The fraction of sp³-hybridized carbons (Fsp3) is 0.385. The van der Waals surface area contributed by atoms with Gasteiger partial charge in [-0.25, -0.2) is 0 Å². The Morgan fingerprint density at radius 1 is 1.17 bits per heavy atom. The molecule has 6 nitrogen and oxygen atoms in total. The van der Waals surface area contributed by atoms with Crippen molar-refractivity contribution in [2.24, 2.45) is 0 Å². The van der Waals surface area contributed by atoms with Crippen LogP contribution >= 0.6 is 35.6 Å². The zero-order chi connectivity index (χ0) is 25.1. The fourth-order valence-corrected chi connectivity index (χ4v) is 6.06. The minimum absolute atomic E-state index is 0.114. The molecule has 2 saturated heterocycles. The lowest BCUT2D eigenvalue weighted by Crippen LogP contribution is -2.35. The summed E-state index contributed by atoms with van der Waals surface area (Å²) in [4.78, 5) is 30.9. The molecule has 0 atom stereocenters. The van der Waals surface area contributed by atoms with E-state index in [-0.39, 0.29) is 23.6 Å². The molecule has 0 aliphatic carbocycles. The predicted molar refractivity (Wildman–Crippen MR) is 147 cm³/mol. The Labute approximate surface area is 220 Å². The monoisotopic (exact) mass is 526 g/mol. The van der Waals surface area contributed by atoms with Gasteiger partial charge in [0, 0.05) is 30.2 Å². The molecule has 2 aliphatic rings. The molecule has 35 heavy (non-hydrogen) atoms. The van der Waals surface area contributed by atoms with Gasteiger partial charge in [0.15, 0.2) is 0 Å². The number of aromatic nitrogens is 1. The van der Waals surface area contributed by atoms with Crippen molar-refractivity contribution in [3.8, 4) is 6.07 Å². The number of nitriles is 1. The number of thioether (sulfide) groups is 1. The Bertz CT molecular complexity index is 1300. The molecular formula is C26H27ClN4O2S2. The second-order valence-electron chi connectivity index (χ2n) is 8.66. The Balaban J connectivity index is 1.81.